The molecule has 4 aliphatic carbocycles. The first-order valence-electron chi connectivity index (χ1n) is 10.7. The van der Waals surface area contributed by atoms with E-state index in [-0.39, 0.29) is 34.9 Å². The maximum atomic E-state index is 12.4. The SMILES string of the molecule is CC(=O)OC1CC2(C)C(C(C)=O)CCC2C2CC=C3CC(O)CCC3(C)C12. The van der Waals surface area contributed by atoms with Crippen LogP contribution < -0.4 is 0 Å². The molecule has 0 heterocycles. The molecule has 0 amide bonds. The van der Waals surface area contributed by atoms with Crippen molar-refractivity contribution in [3.8, 4) is 0 Å². The molecule has 0 saturated heterocycles. The lowest BCUT2D eigenvalue weighted by molar-refractivity contribution is -0.174. The molecule has 0 aliphatic heterocycles. The summed E-state index contributed by atoms with van der Waals surface area (Å²) in [5, 5.41) is 10.2. The molecule has 8 unspecified atom stereocenters. The lowest BCUT2D eigenvalue weighted by atomic mass is 9.46. The number of Topliss-reactive ketones (excluding diaryl/α,β-unsaturated/α-hetero) is 1. The second-order valence-electron chi connectivity index (χ2n) is 10.2. The number of hydrogen-bond donors (Lipinski definition) is 1. The summed E-state index contributed by atoms with van der Waals surface area (Å²) in [6.07, 6.45) is 8.41. The van der Waals surface area contributed by atoms with Gasteiger partial charge in [0.05, 0.1) is 6.10 Å². The zero-order chi connectivity index (χ0) is 19.6. The third-order valence-electron chi connectivity index (χ3n) is 8.80. The highest BCUT2D eigenvalue weighted by Gasteiger charge is 2.63. The summed E-state index contributed by atoms with van der Waals surface area (Å²) in [6, 6.07) is 0. The van der Waals surface area contributed by atoms with Gasteiger partial charge in [0.1, 0.15) is 11.9 Å². The largest absolute Gasteiger partial charge is 0.462 e. The van der Waals surface area contributed by atoms with Crippen LogP contribution in [-0.4, -0.2) is 29.1 Å². The van der Waals surface area contributed by atoms with E-state index in [1.807, 2.05) is 0 Å². The summed E-state index contributed by atoms with van der Waals surface area (Å²) in [5.41, 5.74) is 1.30. The van der Waals surface area contributed by atoms with Crippen molar-refractivity contribution in [1.29, 1.82) is 0 Å². The molecule has 0 aromatic heterocycles. The fourth-order valence-electron chi connectivity index (χ4n) is 7.73. The van der Waals surface area contributed by atoms with Crippen molar-refractivity contribution < 1.29 is 19.4 Å². The second-order valence-corrected chi connectivity index (χ2v) is 10.2. The predicted octanol–water partition coefficient (Wildman–Crippen LogP) is 4.06. The maximum Gasteiger partial charge on any atom is 0.302 e. The van der Waals surface area contributed by atoms with Crippen LogP contribution in [0, 0.1) is 34.5 Å². The van der Waals surface area contributed by atoms with Gasteiger partial charge in [-0.05, 0) is 74.5 Å². The van der Waals surface area contributed by atoms with E-state index < -0.39 is 0 Å². The average Bonchev–Trinajstić information content (AvgIpc) is 2.91. The first kappa shape index (κ1) is 19.2. The zero-order valence-electron chi connectivity index (χ0n) is 17.2. The first-order chi connectivity index (χ1) is 12.7. The Bertz CT molecular complexity index is 682. The van der Waals surface area contributed by atoms with Gasteiger partial charge in [-0.15, -0.1) is 0 Å². The number of rotatable bonds is 2. The molecule has 4 aliphatic rings. The molecule has 0 aromatic carbocycles. The van der Waals surface area contributed by atoms with Crippen LogP contribution in [0.5, 0.6) is 0 Å². The highest BCUT2D eigenvalue weighted by molar-refractivity contribution is 5.79. The number of ether oxygens (including phenoxy) is 1. The molecule has 1 N–H and O–H groups in total. The monoisotopic (exact) mass is 374 g/mol. The lowest BCUT2D eigenvalue weighted by Gasteiger charge is -2.60. The second kappa shape index (κ2) is 6.43. The van der Waals surface area contributed by atoms with Gasteiger partial charge in [-0.1, -0.05) is 25.5 Å². The lowest BCUT2D eigenvalue weighted by Crippen LogP contribution is -2.57. The number of fused-ring (bicyclic) bond motifs is 5. The zero-order valence-corrected chi connectivity index (χ0v) is 17.2. The molecule has 0 radical (unpaired) electrons. The Morgan fingerprint density at radius 2 is 1.93 bits per heavy atom. The van der Waals surface area contributed by atoms with E-state index in [2.05, 4.69) is 19.9 Å². The van der Waals surface area contributed by atoms with Crippen LogP contribution in [-0.2, 0) is 14.3 Å². The van der Waals surface area contributed by atoms with Gasteiger partial charge in [-0.3, -0.25) is 9.59 Å². The molecule has 150 valence electrons. The average molecular weight is 375 g/mol. The number of aliphatic hydroxyl groups is 1. The molecule has 27 heavy (non-hydrogen) atoms. The van der Waals surface area contributed by atoms with Crippen molar-refractivity contribution in [3.63, 3.8) is 0 Å². The van der Waals surface area contributed by atoms with E-state index in [0.717, 1.165) is 44.9 Å². The minimum atomic E-state index is -0.240. The van der Waals surface area contributed by atoms with E-state index in [4.69, 9.17) is 4.74 Å². The highest BCUT2D eigenvalue weighted by atomic mass is 16.5. The number of aliphatic hydroxyl groups excluding tert-OH is 1. The standard InChI is InChI=1S/C23H34O4/c1-13(24)18-7-8-19-17-6-5-15-11-16(26)9-10-22(15,3)21(17)20(27-14(2)25)12-23(18,19)4/h5,16-21,26H,6-12H2,1-4H3. The van der Waals surface area contributed by atoms with E-state index >= 15 is 0 Å². The molecule has 0 bridgehead atoms. The van der Waals surface area contributed by atoms with Crippen LogP contribution in [0.25, 0.3) is 0 Å². The summed E-state index contributed by atoms with van der Waals surface area (Å²) < 4.78 is 5.96. The fourth-order valence-corrected chi connectivity index (χ4v) is 7.73. The number of allylic oxidation sites excluding steroid dienone is 1. The Labute approximate surface area is 162 Å². The Hall–Kier alpha value is -1.16. The molecule has 4 rings (SSSR count). The highest BCUT2D eigenvalue weighted by Crippen LogP contribution is 2.66. The fraction of sp³-hybridized carbons (Fsp3) is 0.826. The molecule has 8 atom stereocenters. The number of esters is 1. The summed E-state index contributed by atoms with van der Waals surface area (Å²) in [5.74, 6) is 1.45. The van der Waals surface area contributed by atoms with Crippen molar-refractivity contribution in [2.45, 2.75) is 84.8 Å². The molecule has 4 nitrogen and oxygen atoms in total. The van der Waals surface area contributed by atoms with Gasteiger partial charge in [-0.25, -0.2) is 0 Å². The van der Waals surface area contributed by atoms with Crippen molar-refractivity contribution in [2.24, 2.45) is 34.5 Å². The third-order valence-corrected chi connectivity index (χ3v) is 8.80. The van der Waals surface area contributed by atoms with Gasteiger partial charge in [-0.2, -0.15) is 0 Å². The molecular formula is C23H34O4. The third kappa shape index (κ3) is 2.82. The van der Waals surface area contributed by atoms with E-state index in [1.165, 1.54) is 12.5 Å². The van der Waals surface area contributed by atoms with E-state index in [1.54, 1.807) is 6.92 Å². The minimum Gasteiger partial charge on any atom is -0.462 e. The van der Waals surface area contributed by atoms with Gasteiger partial charge in [0.25, 0.3) is 0 Å². The van der Waals surface area contributed by atoms with Crippen LogP contribution >= 0.6 is 0 Å². The predicted molar refractivity (Wildman–Crippen MR) is 103 cm³/mol. The normalized spacial score (nSPS) is 48.7. The molecule has 3 saturated carbocycles. The quantitative estimate of drug-likeness (QED) is 0.585. The van der Waals surface area contributed by atoms with Crippen molar-refractivity contribution >= 4 is 11.8 Å². The Balaban J connectivity index is 1.76. The molecular weight excluding hydrogens is 340 g/mol. The smallest absolute Gasteiger partial charge is 0.302 e. The van der Waals surface area contributed by atoms with Crippen LogP contribution in [0.2, 0.25) is 0 Å². The summed E-state index contributed by atoms with van der Waals surface area (Å²) >= 11 is 0. The molecule has 4 heteroatoms. The Morgan fingerprint density at radius 3 is 2.59 bits per heavy atom. The maximum absolute atomic E-state index is 12.4. The van der Waals surface area contributed by atoms with Crippen molar-refractivity contribution in [1.82, 2.24) is 0 Å². The molecule has 0 spiro atoms. The van der Waals surface area contributed by atoms with Gasteiger partial charge in [0.15, 0.2) is 0 Å². The van der Waals surface area contributed by atoms with Crippen molar-refractivity contribution in [3.05, 3.63) is 11.6 Å². The molecule has 0 aromatic rings. The van der Waals surface area contributed by atoms with Crippen LogP contribution in [0.4, 0.5) is 0 Å². The minimum absolute atomic E-state index is 0.00208. The van der Waals surface area contributed by atoms with Gasteiger partial charge < -0.3 is 9.84 Å². The van der Waals surface area contributed by atoms with E-state index in [9.17, 15) is 14.7 Å². The van der Waals surface area contributed by atoms with Crippen LogP contribution in [0.3, 0.4) is 0 Å². The van der Waals surface area contributed by atoms with Crippen LogP contribution in [0.15, 0.2) is 11.6 Å². The number of carbonyl (C=O) groups excluding carboxylic acids is 2. The topological polar surface area (TPSA) is 63.6 Å². The first-order valence-corrected chi connectivity index (χ1v) is 10.7. The van der Waals surface area contributed by atoms with Gasteiger partial charge in [0, 0.05) is 18.8 Å². The Kier molecular flexibility index (Phi) is 4.57. The van der Waals surface area contributed by atoms with Crippen LogP contribution in [0.1, 0.15) is 72.6 Å². The molecule has 3 fully saturated rings. The number of hydrogen-bond acceptors (Lipinski definition) is 4. The van der Waals surface area contributed by atoms with E-state index in [0.29, 0.717) is 23.5 Å². The number of ketones is 1. The summed E-state index contributed by atoms with van der Waals surface area (Å²) in [4.78, 5) is 24.3. The Morgan fingerprint density at radius 1 is 1.19 bits per heavy atom. The summed E-state index contributed by atoms with van der Waals surface area (Å²) in [6.45, 7) is 7.84. The van der Waals surface area contributed by atoms with Gasteiger partial charge in [0.2, 0.25) is 0 Å². The summed E-state index contributed by atoms with van der Waals surface area (Å²) in [7, 11) is 0. The number of carbonyl (C=O) groups is 2. The van der Waals surface area contributed by atoms with Crippen molar-refractivity contribution in [2.75, 3.05) is 0 Å². The van der Waals surface area contributed by atoms with Gasteiger partial charge >= 0.3 is 5.97 Å².